The van der Waals surface area contributed by atoms with E-state index >= 15 is 0 Å². The lowest BCUT2D eigenvalue weighted by atomic mass is 10.0. The molecule has 2 aromatic rings. The van der Waals surface area contributed by atoms with E-state index in [0.717, 1.165) is 0 Å². The van der Waals surface area contributed by atoms with Crippen molar-refractivity contribution in [1.29, 1.82) is 0 Å². The average Bonchev–Trinajstić information content (AvgIpc) is 2.37. The van der Waals surface area contributed by atoms with Gasteiger partial charge in [0.15, 0.2) is 0 Å². The lowest BCUT2D eigenvalue weighted by Gasteiger charge is -2.12. The van der Waals surface area contributed by atoms with Crippen LogP contribution in [0.15, 0.2) is 36.4 Å². The highest BCUT2D eigenvalue weighted by molar-refractivity contribution is 9.09. The molecule has 7 heteroatoms. The van der Waals surface area contributed by atoms with Crippen LogP contribution in [-0.4, -0.2) is 4.92 Å². The normalized spacial score (nSPS) is 12.2. The van der Waals surface area contributed by atoms with Gasteiger partial charge in [-0.2, -0.15) is 0 Å². The molecule has 0 aromatic heterocycles. The van der Waals surface area contributed by atoms with Gasteiger partial charge in [0.25, 0.3) is 5.69 Å². The summed E-state index contributed by atoms with van der Waals surface area (Å²) < 4.78 is 40.2. The van der Waals surface area contributed by atoms with Gasteiger partial charge in [-0.3, -0.25) is 10.1 Å². The van der Waals surface area contributed by atoms with E-state index in [1.165, 1.54) is 18.2 Å². The van der Waals surface area contributed by atoms with E-state index in [9.17, 15) is 23.3 Å². The van der Waals surface area contributed by atoms with E-state index in [1.807, 2.05) is 0 Å². The highest BCUT2D eigenvalue weighted by atomic mass is 79.9. The first-order valence-corrected chi connectivity index (χ1v) is 6.82. The van der Waals surface area contributed by atoms with E-state index in [1.54, 1.807) is 6.07 Å². The molecule has 0 heterocycles. The van der Waals surface area contributed by atoms with Gasteiger partial charge < -0.3 is 0 Å². The Kier molecular flexibility index (Phi) is 4.62. The van der Waals surface area contributed by atoms with Crippen LogP contribution in [0.25, 0.3) is 0 Å². The van der Waals surface area contributed by atoms with Crippen LogP contribution < -0.4 is 0 Å². The number of rotatable bonds is 4. The Bertz CT molecular complexity index is 671. The van der Waals surface area contributed by atoms with Crippen LogP contribution in [0, 0.1) is 27.6 Å². The van der Waals surface area contributed by atoms with Crippen LogP contribution in [0.4, 0.5) is 18.9 Å². The maximum Gasteiger partial charge on any atom is 0.272 e. The Morgan fingerprint density at radius 2 is 1.71 bits per heavy atom. The lowest BCUT2D eigenvalue weighted by Crippen LogP contribution is -2.05. The van der Waals surface area contributed by atoms with Gasteiger partial charge in [0.2, 0.25) is 0 Å². The largest absolute Gasteiger partial charge is 0.272 e. The van der Waals surface area contributed by atoms with Crippen molar-refractivity contribution >= 4 is 21.6 Å². The fraction of sp³-hybridized carbons (Fsp3) is 0.143. The molecule has 2 rings (SSSR count). The molecule has 0 fully saturated rings. The summed E-state index contributed by atoms with van der Waals surface area (Å²) in [5.41, 5.74) is -0.160. The number of benzene rings is 2. The number of nitro benzene ring substituents is 1. The van der Waals surface area contributed by atoms with Crippen molar-refractivity contribution in [3.63, 3.8) is 0 Å². The molecule has 0 aliphatic carbocycles. The van der Waals surface area contributed by atoms with Crippen molar-refractivity contribution in [2.75, 3.05) is 0 Å². The Morgan fingerprint density at radius 3 is 2.29 bits per heavy atom. The van der Waals surface area contributed by atoms with Gasteiger partial charge in [-0.1, -0.05) is 34.1 Å². The molecule has 2 aromatic carbocycles. The van der Waals surface area contributed by atoms with E-state index in [2.05, 4.69) is 15.9 Å². The van der Waals surface area contributed by atoms with Crippen molar-refractivity contribution in [2.45, 2.75) is 11.2 Å². The van der Waals surface area contributed by atoms with Crippen LogP contribution in [0.5, 0.6) is 0 Å². The first-order chi connectivity index (χ1) is 9.90. The van der Waals surface area contributed by atoms with Crippen LogP contribution >= 0.6 is 15.9 Å². The number of hydrogen-bond acceptors (Lipinski definition) is 2. The second kappa shape index (κ2) is 6.26. The molecule has 1 unspecified atom stereocenters. The first-order valence-electron chi connectivity index (χ1n) is 5.91. The summed E-state index contributed by atoms with van der Waals surface area (Å²) in [7, 11) is 0. The predicted octanol–water partition coefficient (Wildman–Crippen LogP) is 4.69. The van der Waals surface area contributed by atoms with Gasteiger partial charge in [-0.05, 0) is 6.42 Å². The van der Waals surface area contributed by atoms with Crippen molar-refractivity contribution in [1.82, 2.24) is 0 Å². The zero-order valence-corrected chi connectivity index (χ0v) is 12.1. The van der Waals surface area contributed by atoms with E-state index in [0.29, 0.717) is 17.7 Å². The summed E-state index contributed by atoms with van der Waals surface area (Å²) in [5.74, 6) is -3.08. The molecule has 110 valence electrons. The Hall–Kier alpha value is -1.89. The molecule has 0 spiro atoms. The van der Waals surface area contributed by atoms with Gasteiger partial charge in [0.1, 0.15) is 17.5 Å². The third-order valence-electron chi connectivity index (χ3n) is 2.94. The van der Waals surface area contributed by atoms with Crippen molar-refractivity contribution < 1.29 is 18.1 Å². The minimum atomic E-state index is -1.03. The average molecular weight is 360 g/mol. The Labute approximate surface area is 126 Å². The molecule has 0 N–H and O–H groups in total. The maximum atomic E-state index is 13.7. The summed E-state index contributed by atoms with van der Waals surface area (Å²) >= 11 is 3.11. The van der Waals surface area contributed by atoms with E-state index in [-0.39, 0.29) is 17.7 Å². The number of para-hydroxylation sites is 1. The highest BCUT2D eigenvalue weighted by Crippen LogP contribution is 2.34. The monoisotopic (exact) mass is 359 g/mol. The fourth-order valence-electron chi connectivity index (χ4n) is 2.01. The van der Waals surface area contributed by atoms with Gasteiger partial charge in [-0.25, -0.2) is 13.2 Å². The van der Waals surface area contributed by atoms with Crippen LogP contribution in [0.3, 0.4) is 0 Å². The molecule has 0 amide bonds. The second-order valence-corrected chi connectivity index (χ2v) is 5.45. The van der Waals surface area contributed by atoms with E-state index in [4.69, 9.17) is 0 Å². The molecule has 3 nitrogen and oxygen atoms in total. The second-order valence-electron chi connectivity index (χ2n) is 4.34. The number of hydrogen-bond donors (Lipinski definition) is 0. The third-order valence-corrected chi connectivity index (χ3v) is 3.73. The quantitative estimate of drug-likeness (QED) is 0.451. The number of halogens is 4. The summed E-state index contributed by atoms with van der Waals surface area (Å²) in [5, 5.41) is 10.9. The lowest BCUT2D eigenvalue weighted by molar-refractivity contribution is -0.385. The molecule has 1 atom stereocenters. The van der Waals surface area contributed by atoms with Crippen molar-refractivity contribution in [3.8, 4) is 0 Å². The Morgan fingerprint density at radius 1 is 1.14 bits per heavy atom. The summed E-state index contributed by atoms with van der Waals surface area (Å²) in [6.07, 6.45) is -0.00335. The van der Waals surface area contributed by atoms with E-state index < -0.39 is 27.2 Å². The van der Waals surface area contributed by atoms with Crippen LogP contribution in [0.1, 0.15) is 16.0 Å². The summed E-state index contributed by atoms with van der Waals surface area (Å²) in [6.45, 7) is 0. The van der Waals surface area contributed by atoms with Gasteiger partial charge >= 0.3 is 0 Å². The minimum Gasteiger partial charge on any atom is -0.258 e. The minimum absolute atomic E-state index is 0.00335. The molecule has 0 saturated carbocycles. The fourth-order valence-corrected chi connectivity index (χ4v) is 2.80. The molecule has 0 bridgehead atoms. The molecule has 0 aliphatic heterocycles. The zero-order valence-electron chi connectivity index (χ0n) is 10.5. The smallest absolute Gasteiger partial charge is 0.258 e. The van der Waals surface area contributed by atoms with Gasteiger partial charge in [0, 0.05) is 34.2 Å². The third kappa shape index (κ3) is 3.41. The van der Waals surface area contributed by atoms with Crippen LogP contribution in [-0.2, 0) is 6.42 Å². The van der Waals surface area contributed by atoms with Crippen molar-refractivity contribution in [3.05, 3.63) is 75.1 Å². The molecular formula is C14H9BrF3NO2. The number of alkyl halides is 1. The highest BCUT2D eigenvalue weighted by Gasteiger charge is 2.22. The standard InChI is InChI=1S/C14H9BrF3NO2/c15-10(14-11(17)6-9(16)7-12(14)18)5-8-3-1-2-4-13(8)19(20)21/h1-4,6-7,10H,5H2. The molecule has 21 heavy (non-hydrogen) atoms. The predicted molar refractivity (Wildman–Crippen MR) is 74.8 cm³/mol. The SMILES string of the molecule is O=[N+]([O-])c1ccccc1CC(Br)c1c(F)cc(F)cc1F. The zero-order chi connectivity index (χ0) is 15.6. The Balaban J connectivity index is 2.35. The maximum absolute atomic E-state index is 13.7. The van der Waals surface area contributed by atoms with Gasteiger partial charge in [0.05, 0.1) is 4.92 Å². The van der Waals surface area contributed by atoms with Crippen molar-refractivity contribution in [2.24, 2.45) is 0 Å². The van der Waals surface area contributed by atoms with Crippen LogP contribution in [0.2, 0.25) is 0 Å². The topological polar surface area (TPSA) is 43.1 Å². The summed E-state index contributed by atoms with van der Waals surface area (Å²) in [4.78, 5) is 9.50. The number of nitro groups is 1. The first kappa shape index (κ1) is 15.5. The molecular weight excluding hydrogens is 351 g/mol. The van der Waals surface area contributed by atoms with Gasteiger partial charge in [-0.15, -0.1) is 0 Å². The molecule has 0 saturated heterocycles. The molecule has 0 radical (unpaired) electrons. The number of nitrogens with zero attached hydrogens (tertiary/aromatic N) is 1. The summed E-state index contributed by atoms with van der Waals surface area (Å²) in [6, 6.07) is 7.07. The molecule has 0 aliphatic rings.